The summed E-state index contributed by atoms with van der Waals surface area (Å²) in [4.78, 5) is 56.4. The SMILES string of the molecule is COC(=O)c1csc(NC(=O)C(CC2CCCC2)N2C(=O)NC(CC3CCCCC3)C2=O)n1. The van der Waals surface area contributed by atoms with Gasteiger partial charge in [-0.1, -0.05) is 57.8 Å². The van der Waals surface area contributed by atoms with Gasteiger partial charge in [0, 0.05) is 5.38 Å². The standard InChI is InChI=1S/C23H32N4O5S/c1-32-21(30)17-13-33-22(24-17)26-19(28)18(12-15-9-5-6-10-15)27-20(29)16(25-23(27)31)11-14-7-3-2-4-8-14/h13-16,18H,2-12H2,1H3,(H,25,31)(H,24,26,28). The molecule has 2 unspecified atom stereocenters. The average Bonchev–Trinajstić information content (AvgIpc) is 3.55. The van der Waals surface area contributed by atoms with Crippen LogP contribution in [-0.4, -0.2) is 52.9 Å². The van der Waals surface area contributed by atoms with E-state index in [1.165, 1.54) is 18.9 Å². The Labute approximate surface area is 197 Å². The zero-order valence-corrected chi connectivity index (χ0v) is 19.8. The average molecular weight is 477 g/mol. The van der Waals surface area contributed by atoms with Crippen LogP contribution in [0.15, 0.2) is 5.38 Å². The van der Waals surface area contributed by atoms with Gasteiger partial charge in [0.05, 0.1) is 7.11 Å². The summed E-state index contributed by atoms with van der Waals surface area (Å²) >= 11 is 1.10. The first-order valence-electron chi connectivity index (χ1n) is 11.9. The number of thiazole rings is 1. The Balaban J connectivity index is 1.48. The van der Waals surface area contributed by atoms with Gasteiger partial charge in [-0.2, -0.15) is 0 Å². The molecule has 180 valence electrons. The van der Waals surface area contributed by atoms with Crippen LogP contribution in [0.25, 0.3) is 0 Å². The number of esters is 1. The normalized spacial score (nSPS) is 22.9. The first-order valence-corrected chi connectivity index (χ1v) is 12.8. The van der Waals surface area contributed by atoms with Crippen molar-refractivity contribution in [3.8, 4) is 0 Å². The van der Waals surface area contributed by atoms with Crippen molar-refractivity contribution in [2.45, 2.75) is 82.7 Å². The van der Waals surface area contributed by atoms with Gasteiger partial charge in [0.25, 0.3) is 5.91 Å². The van der Waals surface area contributed by atoms with Gasteiger partial charge in [-0.25, -0.2) is 19.5 Å². The smallest absolute Gasteiger partial charge is 0.357 e. The molecular weight excluding hydrogens is 444 g/mol. The lowest BCUT2D eigenvalue weighted by atomic mass is 9.85. The maximum absolute atomic E-state index is 13.3. The van der Waals surface area contributed by atoms with Gasteiger partial charge < -0.3 is 15.4 Å². The monoisotopic (exact) mass is 476 g/mol. The van der Waals surface area contributed by atoms with E-state index in [4.69, 9.17) is 0 Å². The number of hydrogen-bond acceptors (Lipinski definition) is 7. The molecule has 2 saturated carbocycles. The van der Waals surface area contributed by atoms with Crippen LogP contribution in [0.1, 0.15) is 81.1 Å². The van der Waals surface area contributed by atoms with Crippen molar-refractivity contribution in [2.24, 2.45) is 11.8 Å². The molecule has 2 heterocycles. The molecule has 1 aromatic heterocycles. The first kappa shape index (κ1) is 23.7. The van der Waals surface area contributed by atoms with Crippen LogP contribution >= 0.6 is 11.3 Å². The van der Waals surface area contributed by atoms with Gasteiger partial charge in [0.15, 0.2) is 10.8 Å². The van der Waals surface area contributed by atoms with Crippen LogP contribution in [0.2, 0.25) is 0 Å². The third-order valence-electron chi connectivity index (χ3n) is 7.12. The van der Waals surface area contributed by atoms with Gasteiger partial charge in [0.2, 0.25) is 5.91 Å². The fourth-order valence-electron chi connectivity index (χ4n) is 5.37. The third kappa shape index (κ3) is 5.54. The first-order chi connectivity index (χ1) is 16.0. The van der Waals surface area contributed by atoms with Gasteiger partial charge in [-0.15, -0.1) is 11.3 Å². The molecule has 1 saturated heterocycles. The Bertz CT molecular complexity index is 891. The summed E-state index contributed by atoms with van der Waals surface area (Å²) in [6.45, 7) is 0. The van der Waals surface area contributed by atoms with E-state index in [0.717, 1.165) is 67.6 Å². The van der Waals surface area contributed by atoms with Crippen molar-refractivity contribution in [3.63, 3.8) is 0 Å². The lowest BCUT2D eigenvalue weighted by Gasteiger charge is -2.27. The van der Waals surface area contributed by atoms with Crippen LogP contribution in [0.4, 0.5) is 9.93 Å². The van der Waals surface area contributed by atoms with E-state index in [2.05, 4.69) is 20.4 Å². The Hall–Kier alpha value is -2.49. The van der Waals surface area contributed by atoms with Crippen molar-refractivity contribution in [1.82, 2.24) is 15.2 Å². The molecule has 1 aliphatic heterocycles. The molecule has 0 aromatic carbocycles. The highest BCUT2D eigenvalue weighted by atomic mass is 32.1. The molecule has 3 fully saturated rings. The Morgan fingerprint density at radius 1 is 1.15 bits per heavy atom. The topological polar surface area (TPSA) is 118 Å². The van der Waals surface area contributed by atoms with E-state index in [-0.39, 0.29) is 16.7 Å². The van der Waals surface area contributed by atoms with Gasteiger partial charge in [-0.3, -0.25) is 9.59 Å². The molecular formula is C23H32N4O5S. The summed E-state index contributed by atoms with van der Waals surface area (Å²) in [6.07, 6.45) is 11.0. The number of carbonyl (C=O) groups excluding carboxylic acids is 4. The number of nitrogens with one attached hydrogen (secondary N) is 2. The maximum Gasteiger partial charge on any atom is 0.357 e. The fourth-order valence-corrected chi connectivity index (χ4v) is 6.05. The van der Waals surface area contributed by atoms with E-state index in [1.54, 1.807) is 0 Å². The van der Waals surface area contributed by atoms with Crippen LogP contribution in [0.5, 0.6) is 0 Å². The minimum atomic E-state index is -0.901. The number of amides is 4. The molecule has 0 spiro atoms. The number of ether oxygens (including phenoxy) is 1. The van der Waals surface area contributed by atoms with E-state index in [0.29, 0.717) is 24.7 Å². The summed E-state index contributed by atoms with van der Waals surface area (Å²) in [7, 11) is 1.26. The molecule has 9 nitrogen and oxygen atoms in total. The zero-order valence-electron chi connectivity index (χ0n) is 19.0. The summed E-state index contributed by atoms with van der Waals surface area (Å²) in [5.74, 6) is -0.621. The highest BCUT2D eigenvalue weighted by Gasteiger charge is 2.46. The van der Waals surface area contributed by atoms with Gasteiger partial charge in [-0.05, 0) is 24.7 Å². The van der Waals surface area contributed by atoms with E-state index >= 15 is 0 Å². The molecule has 0 radical (unpaired) electrons. The van der Waals surface area contributed by atoms with Crippen LogP contribution in [-0.2, 0) is 14.3 Å². The number of urea groups is 1. The number of hydrogen-bond donors (Lipinski definition) is 2. The second kappa shape index (κ2) is 10.6. The lowest BCUT2D eigenvalue weighted by molar-refractivity contribution is -0.134. The van der Waals surface area contributed by atoms with E-state index in [1.807, 2.05) is 0 Å². The highest BCUT2D eigenvalue weighted by molar-refractivity contribution is 7.14. The van der Waals surface area contributed by atoms with Crippen LogP contribution < -0.4 is 10.6 Å². The number of anilines is 1. The van der Waals surface area contributed by atoms with Crippen molar-refractivity contribution < 1.29 is 23.9 Å². The minimum absolute atomic E-state index is 0.104. The zero-order chi connectivity index (χ0) is 23.4. The van der Waals surface area contributed by atoms with Crippen molar-refractivity contribution >= 4 is 40.3 Å². The maximum atomic E-state index is 13.3. The number of methoxy groups -OCH3 is 1. The summed E-state index contributed by atoms with van der Waals surface area (Å²) in [5.41, 5.74) is 0.104. The van der Waals surface area contributed by atoms with Crippen LogP contribution in [0, 0.1) is 11.8 Å². The molecule has 4 rings (SSSR count). The van der Waals surface area contributed by atoms with Crippen LogP contribution in [0.3, 0.4) is 0 Å². The molecule has 0 bridgehead atoms. The predicted molar refractivity (Wildman–Crippen MR) is 123 cm³/mol. The quantitative estimate of drug-likeness (QED) is 0.436. The predicted octanol–water partition coefficient (Wildman–Crippen LogP) is 3.71. The number of rotatable bonds is 8. The molecule has 2 N–H and O–H groups in total. The number of imide groups is 1. The molecule has 10 heteroatoms. The highest BCUT2D eigenvalue weighted by Crippen LogP contribution is 2.33. The minimum Gasteiger partial charge on any atom is -0.464 e. The van der Waals surface area contributed by atoms with E-state index in [9.17, 15) is 19.2 Å². The van der Waals surface area contributed by atoms with Crippen molar-refractivity contribution in [1.29, 1.82) is 0 Å². The van der Waals surface area contributed by atoms with E-state index < -0.39 is 30.0 Å². The summed E-state index contributed by atoms with van der Waals surface area (Å²) in [6, 6.07) is -1.96. The molecule has 1 aromatic rings. The third-order valence-corrected chi connectivity index (χ3v) is 7.88. The summed E-state index contributed by atoms with van der Waals surface area (Å²) in [5, 5.41) is 7.29. The number of carbonyl (C=O) groups is 4. The lowest BCUT2D eigenvalue weighted by Crippen LogP contribution is -2.48. The Kier molecular flexibility index (Phi) is 7.62. The van der Waals surface area contributed by atoms with Crippen molar-refractivity contribution in [3.05, 3.63) is 11.1 Å². The molecule has 2 aliphatic carbocycles. The number of aromatic nitrogens is 1. The molecule has 3 aliphatic rings. The second-order valence-corrected chi connectivity index (χ2v) is 10.2. The largest absolute Gasteiger partial charge is 0.464 e. The summed E-state index contributed by atoms with van der Waals surface area (Å²) < 4.78 is 4.66. The second-order valence-electron chi connectivity index (χ2n) is 9.37. The Morgan fingerprint density at radius 2 is 1.82 bits per heavy atom. The molecule has 2 atom stereocenters. The molecule has 4 amide bonds. The fraction of sp³-hybridized carbons (Fsp3) is 0.696. The Morgan fingerprint density at radius 3 is 2.52 bits per heavy atom. The molecule has 33 heavy (non-hydrogen) atoms. The number of nitrogens with zero attached hydrogens (tertiary/aromatic N) is 2. The van der Waals surface area contributed by atoms with Gasteiger partial charge in [0.1, 0.15) is 12.1 Å². The van der Waals surface area contributed by atoms with Crippen molar-refractivity contribution in [2.75, 3.05) is 12.4 Å². The van der Waals surface area contributed by atoms with Gasteiger partial charge >= 0.3 is 12.0 Å².